The third-order valence-corrected chi connectivity index (χ3v) is 2.26. The summed E-state index contributed by atoms with van der Waals surface area (Å²) in [5.41, 5.74) is 6.08. The van der Waals surface area contributed by atoms with Crippen molar-refractivity contribution in [2.45, 2.75) is 6.92 Å². The highest BCUT2D eigenvalue weighted by Gasteiger charge is 2.15. The summed E-state index contributed by atoms with van der Waals surface area (Å²) in [6.45, 7) is 6.45. The van der Waals surface area contributed by atoms with E-state index >= 15 is 0 Å². The molecule has 3 nitrogen and oxygen atoms in total. The number of nitrogen functional groups attached to an aromatic ring is 1. The number of amides is 1. The highest BCUT2D eigenvalue weighted by atomic mass is 19.1. The maximum atomic E-state index is 12.8. The molecule has 0 heterocycles. The molecule has 0 aliphatic carbocycles. The minimum atomic E-state index is -0.444. The predicted octanol–water partition coefficient (Wildman–Crippen LogP) is 2.06. The molecule has 1 amide bonds. The molecule has 0 saturated carbocycles. The number of nitrogens with zero attached hydrogens (tertiary/aromatic N) is 1. The highest BCUT2D eigenvalue weighted by Crippen LogP contribution is 2.15. The summed E-state index contributed by atoms with van der Waals surface area (Å²) in [5, 5.41) is 0. The van der Waals surface area contributed by atoms with Crippen LogP contribution < -0.4 is 5.73 Å². The lowest BCUT2D eigenvalue weighted by atomic mass is 10.1. The summed E-state index contributed by atoms with van der Waals surface area (Å²) in [7, 11) is 0. The molecular weight excluding hydrogens is 207 g/mol. The Labute approximate surface area is 94.4 Å². The first-order valence-corrected chi connectivity index (χ1v) is 5.05. The standard InChI is InChI=1S/C12H15FN2O/c1-3-7-15(4-2)12(16)10-6-5-9(13)8-11(10)14/h3,5-6,8H,1,4,7,14H2,2H3. The molecule has 0 fully saturated rings. The summed E-state index contributed by atoms with van der Waals surface area (Å²) in [6, 6.07) is 3.78. The molecule has 0 spiro atoms. The summed E-state index contributed by atoms with van der Waals surface area (Å²) >= 11 is 0. The SMILES string of the molecule is C=CCN(CC)C(=O)c1ccc(F)cc1N. The van der Waals surface area contributed by atoms with Gasteiger partial charge in [0.2, 0.25) is 0 Å². The maximum Gasteiger partial charge on any atom is 0.256 e. The zero-order valence-corrected chi connectivity index (χ0v) is 9.24. The van der Waals surface area contributed by atoms with Crippen LogP contribution in [0.4, 0.5) is 10.1 Å². The van der Waals surface area contributed by atoms with Crippen LogP contribution in [-0.4, -0.2) is 23.9 Å². The van der Waals surface area contributed by atoms with E-state index in [0.717, 1.165) is 6.07 Å². The van der Waals surface area contributed by atoms with E-state index in [-0.39, 0.29) is 11.6 Å². The predicted molar refractivity (Wildman–Crippen MR) is 62.6 cm³/mol. The number of carbonyl (C=O) groups excluding carboxylic acids is 1. The average molecular weight is 222 g/mol. The second-order valence-corrected chi connectivity index (χ2v) is 3.36. The Morgan fingerprint density at radius 3 is 2.81 bits per heavy atom. The van der Waals surface area contributed by atoms with Crippen LogP contribution in [0.5, 0.6) is 0 Å². The van der Waals surface area contributed by atoms with Gasteiger partial charge in [0.1, 0.15) is 5.82 Å². The number of hydrogen-bond acceptors (Lipinski definition) is 2. The van der Waals surface area contributed by atoms with Crippen molar-refractivity contribution in [2.24, 2.45) is 0 Å². The second kappa shape index (κ2) is 5.30. The third kappa shape index (κ3) is 2.59. The van der Waals surface area contributed by atoms with Crippen molar-refractivity contribution in [3.8, 4) is 0 Å². The zero-order valence-electron chi connectivity index (χ0n) is 9.24. The Kier molecular flexibility index (Phi) is 4.05. The van der Waals surface area contributed by atoms with Crippen molar-refractivity contribution in [1.29, 1.82) is 0 Å². The normalized spacial score (nSPS) is 9.88. The van der Waals surface area contributed by atoms with Gasteiger partial charge in [0.15, 0.2) is 0 Å². The summed E-state index contributed by atoms with van der Waals surface area (Å²) in [6.07, 6.45) is 1.64. The van der Waals surface area contributed by atoms with E-state index in [1.54, 1.807) is 11.0 Å². The van der Waals surface area contributed by atoms with Gasteiger partial charge in [-0.2, -0.15) is 0 Å². The lowest BCUT2D eigenvalue weighted by Crippen LogP contribution is -2.31. The summed E-state index contributed by atoms with van der Waals surface area (Å²) < 4.78 is 12.8. The molecule has 16 heavy (non-hydrogen) atoms. The van der Waals surface area contributed by atoms with Gasteiger partial charge in [-0.15, -0.1) is 6.58 Å². The fourth-order valence-electron chi connectivity index (χ4n) is 1.41. The Morgan fingerprint density at radius 2 is 2.31 bits per heavy atom. The van der Waals surface area contributed by atoms with Crippen molar-refractivity contribution in [3.63, 3.8) is 0 Å². The number of nitrogens with two attached hydrogens (primary N) is 1. The Bertz CT molecular complexity index is 404. The fraction of sp³-hybridized carbons (Fsp3) is 0.250. The van der Waals surface area contributed by atoms with Crippen LogP contribution in [0.25, 0.3) is 0 Å². The van der Waals surface area contributed by atoms with Gasteiger partial charge in [0, 0.05) is 18.8 Å². The minimum absolute atomic E-state index is 0.160. The molecule has 1 aromatic rings. The molecular formula is C12H15FN2O. The smallest absolute Gasteiger partial charge is 0.256 e. The van der Waals surface area contributed by atoms with Crippen LogP contribution >= 0.6 is 0 Å². The molecule has 0 aromatic heterocycles. The quantitative estimate of drug-likeness (QED) is 0.626. The van der Waals surface area contributed by atoms with Crippen molar-refractivity contribution in [1.82, 2.24) is 4.90 Å². The van der Waals surface area contributed by atoms with Gasteiger partial charge in [-0.25, -0.2) is 4.39 Å². The van der Waals surface area contributed by atoms with Gasteiger partial charge in [0.25, 0.3) is 5.91 Å². The largest absolute Gasteiger partial charge is 0.398 e. The minimum Gasteiger partial charge on any atom is -0.398 e. The number of benzene rings is 1. The van der Waals surface area contributed by atoms with Gasteiger partial charge in [-0.1, -0.05) is 6.08 Å². The second-order valence-electron chi connectivity index (χ2n) is 3.36. The first-order chi connectivity index (χ1) is 7.60. The molecule has 86 valence electrons. The van der Waals surface area contributed by atoms with Gasteiger partial charge in [-0.05, 0) is 25.1 Å². The van der Waals surface area contributed by atoms with E-state index in [9.17, 15) is 9.18 Å². The van der Waals surface area contributed by atoms with E-state index < -0.39 is 5.82 Å². The molecule has 1 rings (SSSR count). The van der Waals surface area contributed by atoms with Crippen LogP contribution in [0, 0.1) is 5.82 Å². The molecule has 0 radical (unpaired) electrons. The highest BCUT2D eigenvalue weighted by molar-refractivity contribution is 5.99. The average Bonchev–Trinajstić information content (AvgIpc) is 2.25. The molecule has 0 saturated heterocycles. The van der Waals surface area contributed by atoms with Crippen molar-refractivity contribution >= 4 is 11.6 Å². The maximum absolute atomic E-state index is 12.8. The number of anilines is 1. The molecule has 0 atom stereocenters. The lowest BCUT2D eigenvalue weighted by Gasteiger charge is -2.19. The molecule has 0 unspecified atom stereocenters. The van der Waals surface area contributed by atoms with Crippen LogP contribution in [0.2, 0.25) is 0 Å². The molecule has 2 N–H and O–H groups in total. The van der Waals surface area contributed by atoms with Gasteiger partial charge >= 0.3 is 0 Å². The first kappa shape index (κ1) is 12.2. The van der Waals surface area contributed by atoms with E-state index in [2.05, 4.69) is 6.58 Å². The number of hydrogen-bond donors (Lipinski definition) is 1. The van der Waals surface area contributed by atoms with E-state index in [0.29, 0.717) is 18.7 Å². The van der Waals surface area contributed by atoms with Crippen molar-refractivity contribution in [2.75, 3.05) is 18.8 Å². The Hall–Kier alpha value is -1.84. The van der Waals surface area contributed by atoms with E-state index in [1.165, 1.54) is 12.1 Å². The molecule has 0 bridgehead atoms. The molecule has 1 aromatic carbocycles. The monoisotopic (exact) mass is 222 g/mol. The third-order valence-electron chi connectivity index (χ3n) is 2.26. The fourth-order valence-corrected chi connectivity index (χ4v) is 1.41. The van der Waals surface area contributed by atoms with E-state index in [1.807, 2.05) is 6.92 Å². The number of likely N-dealkylation sites (N-methyl/N-ethyl adjacent to an activating group) is 1. The van der Waals surface area contributed by atoms with Crippen molar-refractivity contribution in [3.05, 3.63) is 42.2 Å². The van der Waals surface area contributed by atoms with Gasteiger partial charge in [0.05, 0.1) is 5.56 Å². The van der Waals surface area contributed by atoms with Crippen molar-refractivity contribution < 1.29 is 9.18 Å². The lowest BCUT2D eigenvalue weighted by molar-refractivity contribution is 0.0783. The summed E-state index contributed by atoms with van der Waals surface area (Å²) in [5.74, 6) is -0.652. The van der Waals surface area contributed by atoms with Crippen LogP contribution in [0.3, 0.4) is 0 Å². The Balaban J connectivity index is 2.98. The van der Waals surface area contributed by atoms with Gasteiger partial charge < -0.3 is 10.6 Å². The first-order valence-electron chi connectivity index (χ1n) is 5.05. The van der Waals surface area contributed by atoms with Gasteiger partial charge in [-0.3, -0.25) is 4.79 Å². The number of halogens is 1. The Morgan fingerprint density at radius 1 is 1.62 bits per heavy atom. The van der Waals surface area contributed by atoms with Crippen LogP contribution in [0.1, 0.15) is 17.3 Å². The molecule has 0 aliphatic rings. The topological polar surface area (TPSA) is 46.3 Å². The van der Waals surface area contributed by atoms with Crippen LogP contribution in [-0.2, 0) is 0 Å². The van der Waals surface area contributed by atoms with Crippen LogP contribution in [0.15, 0.2) is 30.9 Å². The number of rotatable bonds is 4. The zero-order chi connectivity index (χ0) is 12.1. The van der Waals surface area contributed by atoms with E-state index in [4.69, 9.17) is 5.73 Å². The summed E-state index contributed by atoms with van der Waals surface area (Å²) in [4.78, 5) is 13.6. The molecule has 0 aliphatic heterocycles. The number of carbonyl (C=O) groups is 1. The molecule has 4 heteroatoms.